The number of aryl methyl sites for hydroxylation is 1. The van der Waals surface area contributed by atoms with E-state index < -0.39 is 0 Å². The number of nitrogens with zero attached hydrogens (tertiary/aromatic N) is 1. The smallest absolute Gasteiger partial charge is 0.0410 e. The Labute approximate surface area is 110 Å². The van der Waals surface area contributed by atoms with Gasteiger partial charge in [-0.15, -0.1) is 0 Å². The van der Waals surface area contributed by atoms with Crippen LogP contribution in [-0.2, 0) is 6.42 Å². The third kappa shape index (κ3) is 2.03. The van der Waals surface area contributed by atoms with Crippen LogP contribution in [0.15, 0.2) is 18.2 Å². The fourth-order valence-electron chi connectivity index (χ4n) is 3.50. The number of benzene rings is 1. The van der Waals surface area contributed by atoms with Crippen molar-refractivity contribution < 1.29 is 0 Å². The molecule has 2 aliphatic heterocycles. The number of fused-ring (bicyclic) bond motifs is 1. The molecule has 0 aliphatic carbocycles. The summed E-state index contributed by atoms with van der Waals surface area (Å²) in [5, 5.41) is 3.59. The molecule has 2 unspecified atom stereocenters. The first-order valence-electron chi connectivity index (χ1n) is 7.40. The molecule has 2 heterocycles. The second kappa shape index (κ2) is 4.93. The molecule has 1 fully saturated rings. The van der Waals surface area contributed by atoms with Gasteiger partial charge in [0.1, 0.15) is 0 Å². The summed E-state index contributed by atoms with van der Waals surface area (Å²) in [6, 6.07) is 7.61. The van der Waals surface area contributed by atoms with E-state index in [4.69, 9.17) is 0 Å². The average Bonchev–Trinajstić information content (AvgIpc) is 2.91. The van der Waals surface area contributed by atoms with Gasteiger partial charge in [0.05, 0.1) is 0 Å². The van der Waals surface area contributed by atoms with Crippen LogP contribution in [0.3, 0.4) is 0 Å². The highest BCUT2D eigenvalue weighted by atomic mass is 15.2. The van der Waals surface area contributed by atoms with Crippen LogP contribution in [-0.4, -0.2) is 24.5 Å². The van der Waals surface area contributed by atoms with Crippen molar-refractivity contribution in [3.63, 3.8) is 0 Å². The lowest BCUT2D eigenvalue weighted by Crippen LogP contribution is -2.37. The molecular formula is C16H24N2. The van der Waals surface area contributed by atoms with E-state index in [-0.39, 0.29) is 0 Å². The van der Waals surface area contributed by atoms with Gasteiger partial charge >= 0.3 is 0 Å². The molecule has 0 saturated carbocycles. The number of anilines is 1. The third-order valence-electron chi connectivity index (χ3n) is 4.53. The Balaban J connectivity index is 1.98. The minimum atomic E-state index is 0.634. The van der Waals surface area contributed by atoms with Crippen LogP contribution in [0.25, 0.3) is 0 Å². The quantitative estimate of drug-likeness (QED) is 0.857. The summed E-state index contributed by atoms with van der Waals surface area (Å²) in [5.41, 5.74) is 4.37. The first-order chi connectivity index (χ1) is 8.79. The summed E-state index contributed by atoms with van der Waals surface area (Å²) in [5.74, 6) is 0.711. The third-order valence-corrected chi connectivity index (χ3v) is 4.53. The number of hydrogen-bond acceptors (Lipinski definition) is 2. The standard InChI is InChI=1S/C16H24N2/c1-3-13-6-7-15-14(10-13)16(12(2)11-17-15)18-8-4-5-9-18/h6-7,10,12,16-17H,3-5,8-9,11H2,1-2H3. The van der Waals surface area contributed by atoms with Crippen LogP contribution in [0.2, 0.25) is 0 Å². The zero-order valence-electron chi connectivity index (χ0n) is 11.6. The summed E-state index contributed by atoms with van der Waals surface area (Å²) in [4.78, 5) is 2.70. The molecule has 2 atom stereocenters. The van der Waals surface area contributed by atoms with Crippen molar-refractivity contribution in [3.8, 4) is 0 Å². The lowest BCUT2D eigenvalue weighted by molar-refractivity contribution is 0.185. The Kier molecular flexibility index (Phi) is 3.29. The zero-order valence-corrected chi connectivity index (χ0v) is 11.6. The van der Waals surface area contributed by atoms with E-state index in [0.717, 1.165) is 13.0 Å². The summed E-state index contributed by atoms with van der Waals surface area (Å²) in [7, 11) is 0. The van der Waals surface area contributed by atoms with Gasteiger partial charge < -0.3 is 5.32 Å². The Hall–Kier alpha value is -1.02. The normalized spacial score (nSPS) is 27.9. The molecule has 1 aromatic carbocycles. The number of nitrogens with one attached hydrogen (secondary N) is 1. The van der Waals surface area contributed by atoms with Gasteiger partial charge in [0.25, 0.3) is 0 Å². The Morgan fingerprint density at radius 2 is 2.06 bits per heavy atom. The first kappa shape index (κ1) is 12.0. The van der Waals surface area contributed by atoms with Gasteiger partial charge in [0, 0.05) is 18.3 Å². The van der Waals surface area contributed by atoms with E-state index in [0.29, 0.717) is 12.0 Å². The van der Waals surface area contributed by atoms with Crippen LogP contribution in [0.5, 0.6) is 0 Å². The number of rotatable bonds is 2. The van der Waals surface area contributed by atoms with Gasteiger partial charge in [0.15, 0.2) is 0 Å². The molecule has 0 spiro atoms. The summed E-state index contributed by atoms with van der Waals surface area (Å²) < 4.78 is 0. The minimum absolute atomic E-state index is 0.634. The molecule has 1 saturated heterocycles. The largest absolute Gasteiger partial charge is 0.384 e. The van der Waals surface area contributed by atoms with Gasteiger partial charge in [-0.3, -0.25) is 4.90 Å². The molecule has 0 aromatic heterocycles. The van der Waals surface area contributed by atoms with Crippen LogP contribution < -0.4 is 5.32 Å². The lowest BCUT2D eigenvalue weighted by atomic mass is 9.87. The van der Waals surface area contributed by atoms with Gasteiger partial charge in [-0.1, -0.05) is 26.0 Å². The summed E-state index contributed by atoms with van der Waals surface area (Å²) in [6.07, 6.45) is 3.88. The minimum Gasteiger partial charge on any atom is -0.384 e. The fourth-order valence-corrected chi connectivity index (χ4v) is 3.50. The molecule has 2 heteroatoms. The van der Waals surface area contributed by atoms with Gasteiger partial charge in [-0.25, -0.2) is 0 Å². The molecule has 3 rings (SSSR count). The van der Waals surface area contributed by atoms with Crippen molar-refractivity contribution in [3.05, 3.63) is 29.3 Å². The van der Waals surface area contributed by atoms with E-state index in [2.05, 4.69) is 42.3 Å². The lowest BCUT2D eigenvalue weighted by Gasteiger charge is -2.38. The van der Waals surface area contributed by atoms with Gasteiger partial charge in [0.2, 0.25) is 0 Å². The van der Waals surface area contributed by atoms with E-state index in [9.17, 15) is 0 Å². The molecule has 2 nitrogen and oxygen atoms in total. The van der Waals surface area contributed by atoms with Gasteiger partial charge in [-0.2, -0.15) is 0 Å². The van der Waals surface area contributed by atoms with Crippen LogP contribution in [0.4, 0.5) is 5.69 Å². The van der Waals surface area contributed by atoms with Crippen molar-refractivity contribution in [1.29, 1.82) is 0 Å². The van der Waals surface area contributed by atoms with Crippen molar-refractivity contribution in [2.24, 2.45) is 5.92 Å². The maximum absolute atomic E-state index is 3.59. The monoisotopic (exact) mass is 244 g/mol. The predicted octanol–water partition coefficient (Wildman–Crippen LogP) is 3.45. The van der Waals surface area contributed by atoms with Crippen molar-refractivity contribution in [2.75, 3.05) is 25.0 Å². The van der Waals surface area contributed by atoms with Crippen molar-refractivity contribution >= 4 is 5.69 Å². The van der Waals surface area contributed by atoms with Crippen LogP contribution in [0, 0.1) is 5.92 Å². The molecule has 0 amide bonds. The topological polar surface area (TPSA) is 15.3 Å². The number of hydrogen-bond donors (Lipinski definition) is 1. The van der Waals surface area contributed by atoms with Crippen LogP contribution >= 0.6 is 0 Å². The van der Waals surface area contributed by atoms with Crippen LogP contribution in [0.1, 0.15) is 43.9 Å². The van der Waals surface area contributed by atoms with Gasteiger partial charge in [-0.05, 0) is 55.5 Å². The zero-order chi connectivity index (χ0) is 12.5. The molecule has 1 aromatic rings. The highest BCUT2D eigenvalue weighted by Gasteiger charge is 2.32. The second-order valence-corrected chi connectivity index (χ2v) is 5.82. The SMILES string of the molecule is CCc1ccc2c(c1)C(N1CCCC1)C(C)CN2. The summed E-state index contributed by atoms with van der Waals surface area (Å²) >= 11 is 0. The molecular weight excluding hydrogens is 220 g/mol. The molecule has 0 bridgehead atoms. The first-order valence-corrected chi connectivity index (χ1v) is 7.40. The second-order valence-electron chi connectivity index (χ2n) is 5.82. The maximum atomic E-state index is 3.59. The Bertz CT molecular complexity index is 421. The Morgan fingerprint density at radius 3 is 2.78 bits per heavy atom. The van der Waals surface area contributed by atoms with E-state index in [1.165, 1.54) is 42.7 Å². The molecule has 98 valence electrons. The van der Waals surface area contributed by atoms with E-state index in [1.54, 1.807) is 0 Å². The Morgan fingerprint density at radius 1 is 1.28 bits per heavy atom. The number of likely N-dealkylation sites (tertiary alicyclic amines) is 1. The highest BCUT2D eigenvalue weighted by Crippen LogP contribution is 2.39. The van der Waals surface area contributed by atoms with E-state index in [1.807, 2.05) is 0 Å². The molecule has 1 N–H and O–H groups in total. The highest BCUT2D eigenvalue weighted by molar-refractivity contribution is 5.56. The summed E-state index contributed by atoms with van der Waals surface area (Å²) in [6.45, 7) is 8.30. The maximum Gasteiger partial charge on any atom is 0.0410 e. The molecule has 18 heavy (non-hydrogen) atoms. The van der Waals surface area contributed by atoms with Crippen molar-refractivity contribution in [2.45, 2.75) is 39.2 Å². The molecule has 0 radical (unpaired) electrons. The predicted molar refractivity (Wildman–Crippen MR) is 77.0 cm³/mol. The van der Waals surface area contributed by atoms with Crippen molar-refractivity contribution in [1.82, 2.24) is 4.90 Å². The average molecular weight is 244 g/mol. The molecule has 2 aliphatic rings. The van der Waals surface area contributed by atoms with E-state index >= 15 is 0 Å². The fraction of sp³-hybridized carbons (Fsp3) is 0.625.